The number of halogens is 2. The Bertz CT molecular complexity index is 913. The van der Waals surface area contributed by atoms with E-state index < -0.39 is 0 Å². The minimum Gasteiger partial charge on any atom is -0.497 e. The van der Waals surface area contributed by atoms with Crippen molar-refractivity contribution in [3.8, 4) is 5.75 Å². The third-order valence-corrected chi connectivity index (χ3v) is 4.12. The molecule has 3 rings (SSSR count). The molecule has 7 heteroatoms. The lowest BCUT2D eigenvalue weighted by Gasteiger charge is -2.09. The van der Waals surface area contributed by atoms with E-state index >= 15 is 0 Å². The van der Waals surface area contributed by atoms with Crippen LogP contribution in [0.4, 0.5) is 17.1 Å². The number of pyridine rings is 1. The molecule has 132 valence electrons. The Hall–Kier alpha value is -2.76. The molecule has 26 heavy (non-hydrogen) atoms. The van der Waals surface area contributed by atoms with E-state index in [1.165, 1.54) is 0 Å². The van der Waals surface area contributed by atoms with Crippen molar-refractivity contribution in [3.63, 3.8) is 0 Å². The molecule has 0 atom stereocenters. The highest BCUT2D eigenvalue weighted by Gasteiger charge is 2.09. The quantitative estimate of drug-likeness (QED) is 0.615. The summed E-state index contributed by atoms with van der Waals surface area (Å²) in [5.74, 6) is 0.415. The summed E-state index contributed by atoms with van der Waals surface area (Å²) >= 11 is 12.1. The molecule has 0 radical (unpaired) electrons. The van der Waals surface area contributed by atoms with Crippen LogP contribution < -0.4 is 15.4 Å². The van der Waals surface area contributed by atoms with Crippen LogP contribution in [-0.4, -0.2) is 18.0 Å². The molecule has 2 N–H and O–H groups in total. The second-order valence-corrected chi connectivity index (χ2v) is 6.21. The number of benzene rings is 2. The van der Waals surface area contributed by atoms with Crippen molar-refractivity contribution < 1.29 is 9.53 Å². The monoisotopic (exact) mass is 387 g/mol. The van der Waals surface area contributed by atoms with Crippen LogP contribution in [0.2, 0.25) is 10.0 Å². The van der Waals surface area contributed by atoms with Crippen LogP contribution in [0.25, 0.3) is 0 Å². The molecule has 0 saturated heterocycles. The second kappa shape index (κ2) is 8.08. The van der Waals surface area contributed by atoms with Gasteiger partial charge in [0, 0.05) is 10.7 Å². The number of hydrogen-bond donors (Lipinski definition) is 2. The van der Waals surface area contributed by atoms with Gasteiger partial charge < -0.3 is 15.4 Å². The highest BCUT2D eigenvalue weighted by Crippen LogP contribution is 2.28. The van der Waals surface area contributed by atoms with Crippen LogP contribution in [0.3, 0.4) is 0 Å². The summed E-state index contributed by atoms with van der Waals surface area (Å²) in [6.45, 7) is 0. The molecule has 3 aromatic rings. The fraction of sp³-hybridized carbons (Fsp3) is 0.0526. The Morgan fingerprint density at radius 1 is 1.00 bits per heavy atom. The van der Waals surface area contributed by atoms with E-state index in [-0.39, 0.29) is 5.91 Å². The van der Waals surface area contributed by atoms with E-state index in [9.17, 15) is 4.79 Å². The zero-order chi connectivity index (χ0) is 18.5. The number of aromatic nitrogens is 1. The van der Waals surface area contributed by atoms with Gasteiger partial charge in [-0.05, 0) is 54.6 Å². The van der Waals surface area contributed by atoms with Crippen molar-refractivity contribution in [2.24, 2.45) is 0 Å². The third-order valence-electron chi connectivity index (χ3n) is 3.55. The van der Waals surface area contributed by atoms with Gasteiger partial charge in [0.15, 0.2) is 0 Å². The highest BCUT2D eigenvalue weighted by atomic mass is 35.5. The zero-order valence-electron chi connectivity index (χ0n) is 13.8. The average Bonchev–Trinajstić information content (AvgIpc) is 2.66. The fourth-order valence-corrected chi connectivity index (χ4v) is 2.56. The van der Waals surface area contributed by atoms with Gasteiger partial charge in [0.25, 0.3) is 5.91 Å². The van der Waals surface area contributed by atoms with Crippen LogP contribution in [0.1, 0.15) is 10.5 Å². The maximum absolute atomic E-state index is 12.3. The van der Waals surface area contributed by atoms with Gasteiger partial charge in [-0.2, -0.15) is 0 Å². The molecule has 0 bridgehead atoms. The van der Waals surface area contributed by atoms with Crippen LogP contribution in [0, 0.1) is 0 Å². The summed E-state index contributed by atoms with van der Waals surface area (Å²) in [5, 5.41) is 7.00. The molecular formula is C19H15Cl2N3O2. The van der Waals surface area contributed by atoms with E-state index in [0.717, 1.165) is 5.75 Å². The molecule has 2 aromatic carbocycles. The molecule has 5 nitrogen and oxygen atoms in total. The SMILES string of the molecule is COc1ccc(NC(=O)c2ccc(Nc3cc(Cl)ccc3Cl)cn2)cc1. The minimum atomic E-state index is -0.303. The summed E-state index contributed by atoms with van der Waals surface area (Å²) in [6, 6.07) is 15.6. The van der Waals surface area contributed by atoms with Crippen LogP contribution in [0.5, 0.6) is 5.75 Å². The molecule has 1 amide bonds. The fourth-order valence-electron chi connectivity index (χ4n) is 2.22. The smallest absolute Gasteiger partial charge is 0.274 e. The van der Waals surface area contributed by atoms with Crippen LogP contribution in [0.15, 0.2) is 60.8 Å². The largest absolute Gasteiger partial charge is 0.497 e. The second-order valence-electron chi connectivity index (χ2n) is 5.36. The maximum atomic E-state index is 12.3. The molecule has 0 spiro atoms. The number of anilines is 3. The molecule has 0 fully saturated rings. The van der Waals surface area contributed by atoms with E-state index in [2.05, 4.69) is 15.6 Å². The van der Waals surface area contributed by atoms with Crippen LogP contribution in [-0.2, 0) is 0 Å². The topological polar surface area (TPSA) is 63.2 Å². The molecule has 0 unspecified atom stereocenters. The first kappa shape index (κ1) is 18.0. The summed E-state index contributed by atoms with van der Waals surface area (Å²) in [5.41, 5.74) is 2.31. The molecule has 1 aromatic heterocycles. The number of carbonyl (C=O) groups excluding carboxylic acids is 1. The van der Waals surface area contributed by atoms with Gasteiger partial charge in [-0.3, -0.25) is 4.79 Å². The first-order valence-corrected chi connectivity index (χ1v) is 8.44. The molecule has 0 aliphatic rings. The molecule has 0 saturated carbocycles. The van der Waals surface area contributed by atoms with Crippen molar-refractivity contribution in [2.75, 3.05) is 17.7 Å². The molecular weight excluding hydrogens is 373 g/mol. The van der Waals surface area contributed by atoms with Crippen molar-refractivity contribution >= 4 is 46.2 Å². The average molecular weight is 388 g/mol. The first-order valence-electron chi connectivity index (χ1n) is 7.69. The van der Waals surface area contributed by atoms with Crippen molar-refractivity contribution in [1.29, 1.82) is 0 Å². The standard InChI is InChI=1S/C19H15Cl2N3O2/c1-26-15-6-3-13(4-7-15)24-19(25)17-9-5-14(11-22-17)23-18-10-12(20)2-8-16(18)21/h2-11,23H,1H3,(H,24,25). The summed E-state index contributed by atoms with van der Waals surface area (Å²) in [6.07, 6.45) is 1.56. The normalized spacial score (nSPS) is 10.3. The highest BCUT2D eigenvalue weighted by molar-refractivity contribution is 6.35. The predicted molar refractivity (Wildman–Crippen MR) is 105 cm³/mol. The number of ether oxygens (including phenoxy) is 1. The zero-order valence-corrected chi connectivity index (χ0v) is 15.3. The number of rotatable bonds is 5. The Kier molecular flexibility index (Phi) is 5.61. The van der Waals surface area contributed by atoms with Gasteiger partial charge in [-0.15, -0.1) is 0 Å². The lowest BCUT2D eigenvalue weighted by molar-refractivity contribution is 0.102. The first-order chi connectivity index (χ1) is 12.5. The third kappa shape index (κ3) is 4.45. The summed E-state index contributed by atoms with van der Waals surface area (Å²) in [7, 11) is 1.59. The van der Waals surface area contributed by atoms with Gasteiger partial charge in [0.1, 0.15) is 11.4 Å². The van der Waals surface area contributed by atoms with E-state index in [4.69, 9.17) is 27.9 Å². The minimum absolute atomic E-state index is 0.295. The molecule has 0 aliphatic carbocycles. The predicted octanol–water partition coefficient (Wildman–Crippen LogP) is 5.39. The van der Waals surface area contributed by atoms with Crippen molar-refractivity contribution in [3.05, 3.63) is 76.5 Å². The maximum Gasteiger partial charge on any atom is 0.274 e. The summed E-state index contributed by atoms with van der Waals surface area (Å²) < 4.78 is 5.09. The molecule has 1 heterocycles. The van der Waals surface area contributed by atoms with E-state index in [1.807, 2.05) is 0 Å². The van der Waals surface area contributed by atoms with Gasteiger partial charge >= 0.3 is 0 Å². The van der Waals surface area contributed by atoms with Crippen molar-refractivity contribution in [2.45, 2.75) is 0 Å². The number of amides is 1. The number of methoxy groups -OCH3 is 1. The Morgan fingerprint density at radius 3 is 2.38 bits per heavy atom. The van der Waals surface area contributed by atoms with Gasteiger partial charge in [0.05, 0.1) is 29.7 Å². The number of carbonyl (C=O) groups is 1. The van der Waals surface area contributed by atoms with Crippen molar-refractivity contribution in [1.82, 2.24) is 4.98 Å². The van der Waals surface area contributed by atoms with Gasteiger partial charge in [-0.25, -0.2) is 4.98 Å². The number of nitrogens with zero attached hydrogens (tertiary/aromatic N) is 1. The molecule has 0 aliphatic heterocycles. The Balaban J connectivity index is 1.68. The number of nitrogens with one attached hydrogen (secondary N) is 2. The summed E-state index contributed by atoms with van der Waals surface area (Å²) in [4.78, 5) is 16.5. The van der Waals surface area contributed by atoms with E-state index in [0.29, 0.717) is 32.8 Å². The lowest BCUT2D eigenvalue weighted by Crippen LogP contribution is -2.13. The Morgan fingerprint density at radius 2 is 1.73 bits per heavy atom. The van der Waals surface area contributed by atoms with Gasteiger partial charge in [0.2, 0.25) is 0 Å². The lowest BCUT2D eigenvalue weighted by atomic mass is 10.2. The Labute approximate surface area is 160 Å². The number of hydrogen-bond acceptors (Lipinski definition) is 4. The van der Waals surface area contributed by atoms with Crippen LogP contribution >= 0.6 is 23.2 Å². The van der Waals surface area contributed by atoms with E-state index in [1.54, 1.807) is 67.9 Å². The van der Waals surface area contributed by atoms with Gasteiger partial charge in [-0.1, -0.05) is 23.2 Å².